The normalized spacial score (nSPS) is 10.8. The molecule has 1 heterocycles. The lowest BCUT2D eigenvalue weighted by molar-refractivity contribution is 0.264. The average molecular weight is 536 g/mol. The van der Waals surface area contributed by atoms with E-state index in [-0.39, 0.29) is 5.56 Å². The molecule has 0 aliphatic heterocycles. The highest BCUT2D eigenvalue weighted by Crippen LogP contribution is 2.21. The van der Waals surface area contributed by atoms with Crippen molar-refractivity contribution in [1.82, 2.24) is 9.36 Å². The van der Waals surface area contributed by atoms with Crippen molar-refractivity contribution in [3.63, 3.8) is 0 Å². The average Bonchev–Trinajstić information content (AvgIpc) is 3.02. The summed E-state index contributed by atoms with van der Waals surface area (Å²) in [6.07, 6.45) is 7.13. The molecule has 0 bridgehead atoms. The topological polar surface area (TPSA) is 36.2 Å². The maximum atomic E-state index is 12.1. The zero-order valence-corrected chi connectivity index (χ0v) is 22.5. The Morgan fingerprint density at radius 2 is 1.64 bits per heavy atom. The second-order valence-electron chi connectivity index (χ2n) is 8.13. The number of halogens is 2. The molecule has 0 fully saturated rings. The molecule has 0 unspecified atom stereocenters. The van der Waals surface area contributed by atoms with Gasteiger partial charge in [0.05, 0.1) is 18.0 Å². The number of hydrogen-bond donors (Lipinski definition) is 0. The van der Waals surface area contributed by atoms with E-state index < -0.39 is 0 Å². The molecule has 0 aliphatic rings. The van der Waals surface area contributed by atoms with E-state index >= 15 is 0 Å². The summed E-state index contributed by atoms with van der Waals surface area (Å²) in [6.45, 7) is 7.33. The Morgan fingerprint density at radius 1 is 0.970 bits per heavy atom. The van der Waals surface area contributed by atoms with Crippen LogP contribution in [0.15, 0.2) is 63.9 Å². The monoisotopic (exact) mass is 534 g/mol. The van der Waals surface area contributed by atoms with Crippen molar-refractivity contribution in [1.29, 1.82) is 0 Å². The summed E-state index contributed by atoms with van der Waals surface area (Å²) in [6, 6.07) is 17.3. The van der Waals surface area contributed by atoms with Crippen LogP contribution in [0.3, 0.4) is 0 Å². The van der Waals surface area contributed by atoms with Gasteiger partial charge >= 0.3 is 0 Å². The Bertz CT molecular complexity index is 1020. The van der Waals surface area contributed by atoms with E-state index in [2.05, 4.69) is 29.8 Å². The Morgan fingerprint density at radius 3 is 2.18 bits per heavy atom. The van der Waals surface area contributed by atoms with Gasteiger partial charge in [-0.15, -0.1) is 0 Å². The molecule has 0 amide bonds. The Hall–Kier alpha value is -1.98. The first-order valence-corrected chi connectivity index (χ1v) is 13.0. The Kier molecular flexibility index (Phi) is 11.8. The maximum absolute atomic E-state index is 12.1. The molecule has 3 aromatic rings. The van der Waals surface area contributed by atoms with Gasteiger partial charge in [0.2, 0.25) is 0 Å². The maximum Gasteiger partial charge on any atom is 0.285 e. The number of para-hydroxylation sites is 1. The molecule has 0 N–H and O–H groups in total. The van der Waals surface area contributed by atoms with Crippen LogP contribution in [0.4, 0.5) is 0 Å². The smallest absolute Gasteiger partial charge is 0.285 e. The number of benzene rings is 2. The second kappa shape index (κ2) is 14.3. The van der Waals surface area contributed by atoms with Gasteiger partial charge in [-0.25, -0.2) is 4.68 Å². The predicted molar refractivity (Wildman–Crippen MR) is 143 cm³/mol. The first-order valence-electron chi connectivity index (χ1n) is 11.8. The van der Waals surface area contributed by atoms with Crippen LogP contribution in [0.25, 0.3) is 5.69 Å². The number of hydrogen-bond acceptors (Lipinski definition) is 2. The van der Waals surface area contributed by atoms with Crippen molar-refractivity contribution in [3.05, 3.63) is 80.1 Å². The number of ether oxygens (including phenoxy) is 1. The van der Waals surface area contributed by atoms with Crippen LogP contribution in [0, 0.1) is 5.92 Å². The summed E-state index contributed by atoms with van der Waals surface area (Å²) in [5.41, 5.74) is 1.88. The lowest BCUT2D eigenvalue weighted by Gasteiger charge is -2.15. The standard InChI is InChI=1S/C15H23ClO.C12H13BrN2O/c1-3-6-13(7-4-2)10-11-17-15-9-5-8-14(16)12-15;1-3-10-11(13)12(16)15(14(10)2)9-7-5-4-6-8-9/h5,8-9,12-13H,3-4,6-7,10-11H2,1-2H3;4-8H,3H2,1-2H3. The summed E-state index contributed by atoms with van der Waals surface area (Å²) in [4.78, 5) is 12.1. The minimum atomic E-state index is -0.00875. The van der Waals surface area contributed by atoms with E-state index in [9.17, 15) is 4.79 Å². The largest absolute Gasteiger partial charge is 0.494 e. The van der Waals surface area contributed by atoms with Crippen molar-refractivity contribution < 1.29 is 4.74 Å². The molecular weight excluding hydrogens is 500 g/mol. The highest BCUT2D eigenvalue weighted by Gasteiger charge is 2.14. The molecule has 0 saturated carbocycles. The molecule has 0 saturated heterocycles. The SMILES string of the molecule is CCCC(CCC)CCOc1cccc(Cl)c1.CCc1c(Br)c(=O)n(-c2ccccc2)n1C. The molecule has 6 heteroatoms. The van der Waals surface area contributed by atoms with Crippen LogP contribution in [-0.4, -0.2) is 16.0 Å². The van der Waals surface area contributed by atoms with E-state index in [4.69, 9.17) is 16.3 Å². The molecule has 4 nitrogen and oxygen atoms in total. The van der Waals surface area contributed by atoms with Crippen molar-refractivity contribution in [3.8, 4) is 11.4 Å². The van der Waals surface area contributed by atoms with Crippen molar-refractivity contribution in [2.24, 2.45) is 13.0 Å². The van der Waals surface area contributed by atoms with Gasteiger partial charge in [0.25, 0.3) is 5.56 Å². The summed E-state index contributed by atoms with van der Waals surface area (Å²) < 4.78 is 9.94. The van der Waals surface area contributed by atoms with Gasteiger partial charge < -0.3 is 4.74 Å². The van der Waals surface area contributed by atoms with E-state index in [0.717, 1.165) is 47.5 Å². The van der Waals surface area contributed by atoms with E-state index in [0.29, 0.717) is 4.47 Å². The van der Waals surface area contributed by atoms with Crippen molar-refractivity contribution in [2.75, 3.05) is 6.61 Å². The van der Waals surface area contributed by atoms with E-state index in [1.165, 1.54) is 25.7 Å². The predicted octanol–water partition coefficient (Wildman–Crippen LogP) is 7.83. The fourth-order valence-corrected chi connectivity index (χ4v) is 4.89. The van der Waals surface area contributed by atoms with Crippen molar-refractivity contribution >= 4 is 27.5 Å². The van der Waals surface area contributed by atoms with Crippen LogP contribution < -0.4 is 10.3 Å². The summed E-state index contributed by atoms with van der Waals surface area (Å²) >= 11 is 9.26. The molecule has 3 rings (SSSR count). The minimum Gasteiger partial charge on any atom is -0.494 e. The number of rotatable bonds is 10. The molecule has 0 spiro atoms. The fourth-order valence-electron chi connectivity index (χ4n) is 4.01. The van der Waals surface area contributed by atoms with Gasteiger partial charge in [0, 0.05) is 12.1 Å². The highest BCUT2D eigenvalue weighted by atomic mass is 79.9. The van der Waals surface area contributed by atoms with Gasteiger partial charge in [-0.1, -0.05) is 82.3 Å². The molecule has 0 radical (unpaired) electrons. The number of nitrogens with zero attached hydrogens (tertiary/aromatic N) is 2. The Labute approximate surface area is 211 Å². The molecule has 0 atom stereocenters. The minimum absolute atomic E-state index is 0.00875. The zero-order valence-electron chi connectivity index (χ0n) is 20.2. The van der Waals surface area contributed by atoms with Gasteiger partial charge in [0.15, 0.2) is 0 Å². The third-order valence-electron chi connectivity index (χ3n) is 5.64. The summed E-state index contributed by atoms with van der Waals surface area (Å²) in [5.74, 6) is 1.69. The van der Waals surface area contributed by atoms with Crippen molar-refractivity contribution in [2.45, 2.75) is 59.3 Å². The van der Waals surface area contributed by atoms with E-state index in [1.54, 1.807) is 4.68 Å². The van der Waals surface area contributed by atoms with Crippen LogP contribution in [0.5, 0.6) is 5.75 Å². The van der Waals surface area contributed by atoms with Crippen LogP contribution in [-0.2, 0) is 13.5 Å². The second-order valence-corrected chi connectivity index (χ2v) is 9.36. The molecule has 1 aromatic heterocycles. The van der Waals surface area contributed by atoms with Gasteiger partial charge in [-0.3, -0.25) is 9.48 Å². The summed E-state index contributed by atoms with van der Waals surface area (Å²) in [7, 11) is 1.90. The lowest BCUT2D eigenvalue weighted by Crippen LogP contribution is -2.19. The van der Waals surface area contributed by atoms with Crippen LogP contribution in [0.1, 0.15) is 58.6 Å². The molecule has 2 aromatic carbocycles. The lowest BCUT2D eigenvalue weighted by atomic mass is 9.95. The summed E-state index contributed by atoms with van der Waals surface area (Å²) in [5, 5.41) is 0.737. The fraction of sp³-hybridized carbons (Fsp3) is 0.444. The first kappa shape index (κ1) is 27.3. The third kappa shape index (κ3) is 8.08. The Balaban J connectivity index is 0.000000234. The third-order valence-corrected chi connectivity index (χ3v) is 6.68. The van der Waals surface area contributed by atoms with Gasteiger partial charge in [0.1, 0.15) is 10.2 Å². The zero-order chi connectivity index (χ0) is 24.2. The van der Waals surface area contributed by atoms with E-state index in [1.807, 2.05) is 73.3 Å². The molecule has 180 valence electrons. The van der Waals surface area contributed by atoms with Crippen LogP contribution in [0.2, 0.25) is 5.02 Å². The molecular formula is C27H36BrClN2O2. The van der Waals surface area contributed by atoms with Crippen LogP contribution >= 0.6 is 27.5 Å². The van der Waals surface area contributed by atoms with Gasteiger partial charge in [-0.05, 0) is 65.0 Å². The van der Waals surface area contributed by atoms with Gasteiger partial charge in [-0.2, -0.15) is 0 Å². The molecule has 0 aliphatic carbocycles. The number of aromatic nitrogens is 2. The quantitative estimate of drug-likeness (QED) is 0.265. The molecule has 33 heavy (non-hydrogen) atoms. The first-order chi connectivity index (χ1) is 15.9. The highest BCUT2D eigenvalue weighted by molar-refractivity contribution is 9.10.